The van der Waals surface area contributed by atoms with E-state index in [0.717, 1.165) is 64.3 Å². The van der Waals surface area contributed by atoms with E-state index < -0.39 is 0 Å². The molecule has 2 fully saturated rings. The van der Waals surface area contributed by atoms with Gasteiger partial charge in [-0.05, 0) is 31.6 Å². The lowest BCUT2D eigenvalue weighted by Gasteiger charge is -2.36. The fourth-order valence-electron chi connectivity index (χ4n) is 4.09. The SMILES string of the molecule is COc1cc(N[C@H]2CC[C@@H](C(=O)NCC(C)C)CN(C3CCOCC3)C2)ncn1.O=CO. The molecule has 0 radical (unpaired) electrons. The summed E-state index contributed by atoms with van der Waals surface area (Å²) in [6.07, 6.45) is 5.34. The van der Waals surface area contributed by atoms with E-state index in [9.17, 15) is 4.79 Å². The van der Waals surface area contributed by atoms with Gasteiger partial charge >= 0.3 is 0 Å². The first kappa shape index (κ1) is 25.8. The normalized spacial score (nSPS) is 22.2. The fourth-order valence-corrected chi connectivity index (χ4v) is 4.09. The Kier molecular flexibility index (Phi) is 11.2. The van der Waals surface area contributed by atoms with Crippen molar-refractivity contribution in [1.82, 2.24) is 20.2 Å². The Balaban J connectivity index is 0.00000114. The second kappa shape index (κ2) is 13.8. The minimum atomic E-state index is -0.250. The van der Waals surface area contributed by atoms with E-state index in [1.807, 2.05) is 6.07 Å². The molecule has 2 atom stereocenters. The zero-order valence-electron chi connectivity index (χ0n) is 19.3. The predicted octanol–water partition coefficient (Wildman–Crippen LogP) is 1.63. The Morgan fingerprint density at radius 2 is 2.00 bits per heavy atom. The van der Waals surface area contributed by atoms with Crippen LogP contribution >= 0.6 is 0 Å². The number of ether oxygens (including phenoxy) is 2. The van der Waals surface area contributed by atoms with Crippen molar-refractivity contribution in [1.29, 1.82) is 0 Å². The number of likely N-dealkylation sites (tertiary alicyclic amines) is 1. The van der Waals surface area contributed by atoms with E-state index in [1.54, 1.807) is 7.11 Å². The average molecular weight is 452 g/mol. The molecule has 2 saturated heterocycles. The molecule has 32 heavy (non-hydrogen) atoms. The van der Waals surface area contributed by atoms with Gasteiger partial charge in [0.25, 0.3) is 6.47 Å². The lowest BCUT2D eigenvalue weighted by molar-refractivity contribution is -0.126. The van der Waals surface area contributed by atoms with E-state index in [2.05, 4.69) is 39.3 Å². The van der Waals surface area contributed by atoms with Crippen molar-refractivity contribution in [2.75, 3.05) is 45.3 Å². The minimum absolute atomic E-state index is 0.0170. The molecule has 0 aliphatic carbocycles. The van der Waals surface area contributed by atoms with Crippen LogP contribution < -0.4 is 15.4 Å². The van der Waals surface area contributed by atoms with Gasteiger partial charge in [-0.1, -0.05) is 13.8 Å². The van der Waals surface area contributed by atoms with Crippen LogP contribution in [0.4, 0.5) is 5.82 Å². The van der Waals surface area contributed by atoms with Crippen molar-refractivity contribution in [3.05, 3.63) is 12.4 Å². The first-order chi connectivity index (χ1) is 15.5. The Labute approximate surface area is 190 Å². The van der Waals surface area contributed by atoms with Gasteiger partial charge in [-0.25, -0.2) is 9.97 Å². The van der Waals surface area contributed by atoms with Gasteiger partial charge in [-0.15, -0.1) is 0 Å². The van der Waals surface area contributed by atoms with Gasteiger partial charge in [0, 0.05) is 51.0 Å². The summed E-state index contributed by atoms with van der Waals surface area (Å²) in [5, 5.41) is 13.6. The molecule has 3 rings (SSSR count). The van der Waals surface area contributed by atoms with E-state index >= 15 is 0 Å². The van der Waals surface area contributed by atoms with Gasteiger partial charge in [0.1, 0.15) is 12.1 Å². The smallest absolute Gasteiger partial charge is 0.290 e. The summed E-state index contributed by atoms with van der Waals surface area (Å²) in [6.45, 7) is 8.02. The Morgan fingerprint density at radius 1 is 1.28 bits per heavy atom. The predicted molar refractivity (Wildman–Crippen MR) is 121 cm³/mol. The molecule has 1 aromatic heterocycles. The van der Waals surface area contributed by atoms with Crippen LogP contribution in [0.25, 0.3) is 0 Å². The van der Waals surface area contributed by atoms with E-state index in [1.165, 1.54) is 6.33 Å². The van der Waals surface area contributed by atoms with Crippen LogP contribution in [0, 0.1) is 11.8 Å². The molecule has 0 bridgehead atoms. The number of rotatable bonds is 7. The quantitative estimate of drug-likeness (QED) is 0.530. The van der Waals surface area contributed by atoms with Crippen LogP contribution in [0.5, 0.6) is 5.88 Å². The van der Waals surface area contributed by atoms with Gasteiger partial charge in [-0.2, -0.15) is 0 Å². The van der Waals surface area contributed by atoms with Crippen LogP contribution in [0.3, 0.4) is 0 Å². The molecule has 1 aromatic rings. The highest BCUT2D eigenvalue weighted by Crippen LogP contribution is 2.25. The summed E-state index contributed by atoms with van der Waals surface area (Å²) < 4.78 is 10.8. The van der Waals surface area contributed by atoms with Crippen molar-refractivity contribution in [3.8, 4) is 5.88 Å². The van der Waals surface area contributed by atoms with Crippen molar-refractivity contribution in [2.24, 2.45) is 11.8 Å². The summed E-state index contributed by atoms with van der Waals surface area (Å²) in [5.74, 6) is 1.96. The van der Waals surface area contributed by atoms with Crippen LogP contribution in [-0.4, -0.2) is 84.4 Å². The average Bonchev–Trinajstić information content (AvgIpc) is 3.01. The molecule has 0 aromatic carbocycles. The van der Waals surface area contributed by atoms with Crippen LogP contribution in [0.15, 0.2) is 12.4 Å². The number of nitrogens with zero attached hydrogens (tertiary/aromatic N) is 3. The molecule has 180 valence electrons. The number of methoxy groups -OCH3 is 1. The maximum Gasteiger partial charge on any atom is 0.290 e. The summed E-state index contributed by atoms with van der Waals surface area (Å²) in [7, 11) is 1.60. The van der Waals surface area contributed by atoms with Crippen molar-refractivity contribution < 1.29 is 24.2 Å². The number of carbonyl (C=O) groups is 2. The Morgan fingerprint density at radius 3 is 2.66 bits per heavy atom. The third-order valence-corrected chi connectivity index (χ3v) is 5.74. The highest BCUT2D eigenvalue weighted by Gasteiger charge is 2.32. The fraction of sp³-hybridized carbons (Fsp3) is 0.727. The van der Waals surface area contributed by atoms with Crippen molar-refractivity contribution in [2.45, 2.75) is 51.6 Å². The van der Waals surface area contributed by atoms with Gasteiger partial charge in [0.2, 0.25) is 11.8 Å². The molecule has 10 nitrogen and oxygen atoms in total. The third-order valence-electron chi connectivity index (χ3n) is 5.74. The molecule has 0 saturated carbocycles. The van der Waals surface area contributed by atoms with Crippen molar-refractivity contribution in [3.63, 3.8) is 0 Å². The zero-order chi connectivity index (χ0) is 23.3. The second-order valence-corrected chi connectivity index (χ2v) is 8.60. The summed E-state index contributed by atoms with van der Waals surface area (Å²) in [4.78, 5) is 32.1. The molecule has 0 unspecified atom stereocenters. The van der Waals surface area contributed by atoms with Gasteiger partial charge in [0.05, 0.1) is 13.0 Å². The molecule has 1 amide bonds. The highest BCUT2D eigenvalue weighted by atomic mass is 16.5. The summed E-state index contributed by atoms with van der Waals surface area (Å²) in [6, 6.07) is 2.50. The van der Waals surface area contributed by atoms with E-state index in [0.29, 0.717) is 17.8 Å². The Hall–Kier alpha value is -2.46. The van der Waals surface area contributed by atoms with Crippen molar-refractivity contribution >= 4 is 18.2 Å². The van der Waals surface area contributed by atoms with Gasteiger partial charge in [-0.3, -0.25) is 14.5 Å². The molecule has 2 aliphatic heterocycles. The Bertz CT molecular complexity index is 699. The lowest BCUT2D eigenvalue weighted by Crippen LogP contribution is -2.47. The second-order valence-electron chi connectivity index (χ2n) is 8.60. The first-order valence-electron chi connectivity index (χ1n) is 11.3. The number of aromatic nitrogens is 2. The topological polar surface area (TPSA) is 126 Å². The largest absolute Gasteiger partial charge is 0.483 e. The van der Waals surface area contributed by atoms with Gasteiger partial charge in [0.15, 0.2) is 0 Å². The monoisotopic (exact) mass is 451 g/mol. The minimum Gasteiger partial charge on any atom is -0.483 e. The van der Waals surface area contributed by atoms with Gasteiger partial charge < -0.3 is 25.2 Å². The van der Waals surface area contributed by atoms with E-state index in [-0.39, 0.29) is 24.3 Å². The van der Waals surface area contributed by atoms with Crippen LogP contribution in [-0.2, 0) is 14.3 Å². The third kappa shape index (κ3) is 8.58. The molecular weight excluding hydrogens is 414 g/mol. The summed E-state index contributed by atoms with van der Waals surface area (Å²) >= 11 is 0. The maximum atomic E-state index is 12.8. The highest BCUT2D eigenvalue weighted by molar-refractivity contribution is 5.78. The maximum absolute atomic E-state index is 12.8. The molecule has 10 heteroatoms. The zero-order valence-corrected chi connectivity index (χ0v) is 19.3. The summed E-state index contributed by atoms with van der Waals surface area (Å²) in [5.41, 5.74) is 0. The molecule has 3 N–H and O–H groups in total. The number of hydrogen-bond acceptors (Lipinski definition) is 8. The number of carbonyl (C=O) groups excluding carboxylic acids is 1. The molecule has 2 aliphatic rings. The van der Waals surface area contributed by atoms with Crippen LogP contribution in [0.2, 0.25) is 0 Å². The molecule has 3 heterocycles. The van der Waals surface area contributed by atoms with E-state index in [4.69, 9.17) is 19.4 Å². The number of amides is 1. The number of nitrogens with one attached hydrogen (secondary N) is 2. The number of hydrogen-bond donors (Lipinski definition) is 3. The number of anilines is 1. The molecular formula is C22H37N5O5. The standard InChI is InChI=1S/C21H35N5O3.CH2O2/c1-15(2)11-22-21(27)16-4-5-17(25-19-10-20(28-3)24-14-23-19)13-26(12-16)18-6-8-29-9-7-18;2-1-3/h10,14-18H,4-9,11-13H2,1-3H3,(H,22,27)(H,23,24,25);1H,(H,2,3)/t16-,17+;/m1./s1. The first-order valence-corrected chi connectivity index (χ1v) is 11.3. The lowest BCUT2D eigenvalue weighted by atomic mass is 10.00. The molecule has 0 spiro atoms. The number of carboxylic acid groups (broad SMARTS) is 1. The van der Waals surface area contributed by atoms with Crippen LogP contribution in [0.1, 0.15) is 39.5 Å².